The molecular formula is C10H14INO2S. The zero-order chi connectivity index (χ0) is 11.5. The highest BCUT2D eigenvalue weighted by Gasteiger charge is 2.15. The van der Waals surface area contributed by atoms with Gasteiger partial charge in [0.05, 0.1) is 4.90 Å². The van der Waals surface area contributed by atoms with E-state index in [4.69, 9.17) is 0 Å². The van der Waals surface area contributed by atoms with Crippen LogP contribution in [0, 0.1) is 3.57 Å². The summed E-state index contributed by atoms with van der Waals surface area (Å²) in [6.07, 6.45) is 0.781. The predicted octanol–water partition coefficient (Wildman–Crippen LogP) is 2.37. The number of hydrogen-bond donors (Lipinski definition) is 1. The highest BCUT2D eigenvalue weighted by Crippen LogP contribution is 2.12. The van der Waals surface area contributed by atoms with Gasteiger partial charge in [0, 0.05) is 9.61 Å². The smallest absolute Gasteiger partial charge is 0.208 e. The number of hydrogen-bond acceptors (Lipinski definition) is 2. The molecule has 0 aliphatic rings. The van der Waals surface area contributed by atoms with Crippen molar-refractivity contribution >= 4 is 32.6 Å². The molecule has 15 heavy (non-hydrogen) atoms. The summed E-state index contributed by atoms with van der Waals surface area (Å²) in [4.78, 5) is 0.322. The zero-order valence-electron chi connectivity index (χ0n) is 8.70. The summed E-state index contributed by atoms with van der Waals surface area (Å²) in [5, 5.41) is 0. The lowest BCUT2D eigenvalue weighted by atomic mass is 10.3. The van der Waals surface area contributed by atoms with Gasteiger partial charge >= 0.3 is 0 Å². The largest absolute Gasteiger partial charge is 0.240 e. The van der Waals surface area contributed by atoms with Crippen LogP contribution in [0.25, 0.3) is 0 Å². The van der Waals surface area contributed by atoms with Crippen LogP contribution in [0.1, 0.15) is 20.3 Å². The van der Waals surface area contributed by atoms with Gasteiger partial charge in [-0.15, -0.1) is 0 Å². The normalized spacial score (nSPS) is 13.8. The lowest BCUT2D eigenvalue weighted by Crippen LogP contribution is -2.31. The summed E-state index contributed by atoms with van der Waals surface area (Å²) in [7, 11) is -3.34. The van der Waals surface area contributed by atoms with Crippen LogP contribution in [0.3, 0.4) is 0 Å². The van der Waals surface area contributed by atoms with Crippen LogP contribution in [0.4, 0.5) is 0 Å². The van der Waals surface area contributed by atoms with Crippen molar-refractivity contribution < 1.29 is 8.42 Å². The third-order valence-corrected chi connectivity index (χ3v) is 4.42. The lowest BCUT2D eigenvalue weighted by Gasteiger charge is -2.11. The Hall–Kier alpha value is -0.140. The number of nitrogens with one attached hydrogen (secondary N) is 1. The maximum Gasteiger partial charge on any atom is 0.240 e. The average Bonchev–Trinajstić information content (AvgIpc) is 2.17. The minimum absolute atomic E-state index is 0.0331. The summed E-state index contributed by atoms with van der Waals surface area (Å²) < 4.78 is 27.2. The van der Waals surface area contributed by atoms with E-state index in [1.807, 2.05) is 13.8 Å². The molecule has 0 aliphatic heterocycles. The van der Waals surface area contributed by atoms with Crippen LogP contribution >= 0.6 is 22.6 Å². The molecular weight excluding hydrogens is 325 g/mol. The SMILES string of the molecule is CCC(C)NS(=O)(=O)c1ccc(I)cc1. The topological polar surface area (TPSA) is 46.2 Å². The van der Waals surface area contributed by atoms with E-state index in [1.54, 1.807) is 24.3 Å². The molecule has 0 radical (unpaired) electrons. The van der Waals surface area contributed by atoms with E-state index in [2.05, 4.69) is 27.3 Å². The number of benzene rings is 1. The summed E-state index contributed by atoms with van der Waals surface area (Å²) in [5.74, 6) is 0. The molecule has 3 nitrogen and oxygen atoms in total. The van der Waals surface area contributed by atoms with Crippen LogP contribution in [0.5, 0.6) is 0 Å². The van der Waals surface area contributed by atoms with E-state index in [9.17, 15) is 8.42 Å². The molecule has 0 aliphatic carbocycles. The molecule has 0 aromatic heterocycles. The van der Waals surface area contributed by atoms with E-state index in [0.717, 1.165) is 9.99 Å². The molecule has 1 unspecified atom stereocenters. The van der Waals surface area contributed by atoms with Crippen molar-refractivity contribution in [3.63, 3.8) is 0 Å². The van der Waals surface area contributed by atoms with Gasteiger partial charge in [-0.25, -0.2) is 13.1 Å². The van der Waals surface area contributed by atoms with Gasteiger partial charge in [0.2, 0.25) is 10.0 Å². The molecule has 1 aromatic rings. The van der Waals surface area contributed by atoms with Gasteiger partial charge in [-0.1, -0.05) is 6.92 Å². The van der Waals surface area contributed by atoms with Crippen molar-refractivity contribution in [3.05, 3.63) is 27.8 Å². The van der Waals surface area contributed by atoms with Gasteiger partial charge in [-0.3, -0.25) is 0 Å². The van der Waals surface area contributed by atoms with Gasteiger partial charge in [-0.05, 0) is 60.2 Å². The van der Waals surface area contributed by atoms with Crippen molar-refractivity contribution in [1.29, 1.82) is 0 Å². The second kappa shape index (κ2) is 5.27. The maximum absolute atomic E-state index is 11.8. The van der Waals surface area contributed by atoms with E-state index in [1.165, 1.54) is 0 Å². The Morgan fingerprint density at radius 1 is 1.33 bits per heavy atom. The third-order valence-electron chi connectivity index (χ3n) is 2.09. The highest BCUT2D eigenvalue weighted by atomic mass is 127. The number of sulfonamides is 1. The fourth-order valence-electron chi connectivity index (χ4n) is 1.03. The second-order valence-electron chi connectivity index (χ2n) is 3.38. The van der Waals surface area contributed by atoms with Gasteiger partial charge in [0.15, 0.2) is 0 Å². The average molecular weight is 339 g/mol. The minimum Gasteiger partial charge on any atom is -0.208 e. The second-order valence-corrected chi connectivity index (χ2v) is 6.34. The molecule has 1 aromatic carbocycles. The van der Waals surface area contributed by atoms with Gasteiger partial charge in [0.1, 0.15) is 0 Å². The molecule has 0 spiro atoms. The van der Waals surface area contributed by atoms with E-state index >= 15 is 0 Å². The van der Waals surface area contributed by atoms with Crippen molar-refractivity contribution in [2.24, 2.45) is 0 Å². The third kappa shape index (κ3) is 3.73. The Labute approximate surface area is 104 Å². The van der Waals surface area contributed by atoms with Crippen molar-refractivity contribution in [3.8, 4) is 0 Å². The molecule has 5 heteroatoms. The van der Waals surface area contributed by atoms with Crippen LogP contribution in [-0.2, 0) is 10.0 Å². The van der Waals surface area contributed by atoms with Gasteiger partial charge in [0.25, 0.3) is 0 Å². The summed E-state index contributed by atoms with van der Waals surface area (Å²) in [6.45, 7) is 3.80. The summed E-state index contributed by atoms with van der Waals surface area (Å²) in [5.41, 5.74) is 0. The minimum atomic E-state index is -3.34. The van der Waals surface area contributed by atoms with Crippen molar-refractivity contribution in [1.82, 2.24) is 4.72 Å². The Kier molecular flexibility index (Phi) is 4.54. The number of rotatable bonds is 4. The molecule has 0 fully saturated rings. The standard InChI is InChI=1S/C10H14INO2S/c1-3-8(2)12-15(13,14)10-6-4-9(11)5-7-10/h4-8,12H,3H2,1-2H3. The molecule has 1 rings (SSSR count). The molecule has 0 saturated carbocycles. The van der Waals surface area contributed by atoms with Crippen LogP contribution in [-0.4, -0.2) is 14.5 Å². The first-order chi connectivity index (χ1) is 6.95. The van der Waals surface area contributed by atoms with Crippen molar-refractivity contribution in [2.45, 2.75) is 31.2 Å². The predicted molar refractivity (Wildman–Crippen MR) is 69.2 cm³/mol. The molecule has 0 heterocycles. The fourth-order valence-corrected chi connectivity index (χ4v) is 2.72. The molecule has 0 amide bonds. The van der Waals surface area contributed by atoms with Crippen LogP contribution in [0.2, 0.25) is 0 Å². The van der Waals surface area contributed by atoms with Crippen LogP contribution in [0.15, 0.2) is 29.2 Å². The first kappa shape index (κ1) is 12.9. The molecule has 0 bridgehead atoms. The van der Waals surface area contributed by atoms with E-state index in [0.29, 0.717) is 4.90 Å². The van der Waals surface area contributed by atoms with Gasteiger partial charge < -0.3 is 0 Å². The number of halogens is 1. The molecule has 0 saturated heterocycles. The highest BCUT2D eigenvalue weighted by molar-refractivity contribution is 14.1. The van der Waals surface area contributed by atoms with E-state index < -0.39 is 10.0 Å². The Morgan fingerprint density at radius 2 is 1.87 bits per heavy atom. The van der Waals surface area contributed by atoms with Gasteiger partial charge in [-0.2, -0.15) is 0 Å². The summed E-state index contributed by atoms with van der Waals surface area (Å²) in [6, 6.07) is 6.77. The Morgan fingerprint density at radius 3 is 2.33 bits per heavy atom. The molecule has 1 N–H and O–H groups in total. The molecule has 1 atom stereocenters. The first-order valence-electron chi connectivity index (χ1n) is 4.73. The monoisotopic (exact) mass is 339 g/mol. The van der Waals surface area contributed by atoms with E-state index in [-0.39, 0.29) is 6.04 Å². The Bertz CT molecular complexity index is 414. The molecule has 84 valence electrons. The van der Waals surface area contributed by atoms with Crippen molar-refractivity contribution in [2.75, 3.05) is 0 Å². The maximum atomic E-state index is 11.8. The fraction of sp³-hybridized carbons (Fsp3) is 0.400. The lowest BCUT2D eigenvalue weighted by molar-refractivity contribution is 0.556. The zero-order valence-corrected chi connectivity index (χ0v) is 11.7. The first-order valence-corrected chi connectivity index (χ1v) is 7.30. The quantitative estimate of drug-likeness (QED) is 0.856. The van der Waals surface area contributed by atoms with Crippen LogP contribution < -0.4 is 4.72 Å². The summed E-state index contributed by atoms with van der Waals surface area (Å²) >= 11 is 2.14. The Balaban J connectivity index is 2.91.